The van der Waals surface area contributed by atoms with Crippen molar-refractivity contribution in [2.24, 2.45) is 5.73 Å². The normalized spacial score (nSPS) is 12.8. The lowest BCUT2D eigenvalue weighted by atomic mass is 10.1. The summed E-state index contributed by atoms with van der Waals surface area (Å²) in [6.07, 6.45) is 0.445. The largest absolute Gasteiger partial charge is 0.459 e. The molecule has 0 aliphatic rings. The molecule has 4 nitrogen and oxygen atoms in total. The molecule has 0 unspecified atom stereocenters. The van der Waals surface area contributed by atoms with E-state index < -0.39 is 11.6 Å². The number of ether oxygens (including phenoxy) is 1. The first-order valence-corrected chi connectivity index (χ1v) is 8.78. The molecule has 130 valence electrons. The topological polar surface area (TPSA) is 55.6 Å². The SMILES string of the molecule is CC(C)(C)OC(=O)[C@@H](N)Cc1ccc(N(CCCl)CCCl)cc1. The van der Waals surface area contributed by atoms with E-state index in [0.29, 0.717) is 18.2 Å². The maximum atomic E-state index is 11.9. The van der Waals surface area contributed by atoms with E-state index in [9.17, 15) is 4.79 Å². The Morgan fingerprint density at radius 3 is 2.13 bits per heavy atom. The Hall–Kier alpha value is -0.970. The minimum atomic E-state index is -0.665. The standard InChI is InChI=1S/C17H26Cl2N2O2/c1-17(2,3)23-16(22)15(20)12-13-4-6-14(7-5-13)21(10-8-18)11-9-19/h4-7,15H,8-12,20H2,1-3H3/t15-/m0/s1. The highest BCUT2D eigenvalue weighted by Crippen LogP contribution is 2.17. The second kappa shape index (κ2) is 9.36. The molecule has 0 aromatic heterocycles. The number of benzene rings is 1. The van der Waals surface area contributed by atoms with Crippen LogP contribution in [0.5, 0.6) is 0 Å². The van der Waals surface area contributed by atoms with Gasteiger partial charge >= 0.3 is 5.97 Å². The number of hydrogen-bond acceptors (Lipinski definition) is 4. The van der Waals surface area contributed by atoms with Crippen molar-refractivity contribution in [1.82, 2.24) is 0 Å². The molecule has 1 aromatic rings. The summed E-state index contributed by atoms with van der Waals surface area (Å²) >= 11 is 11.6. The van der Waals surface area contributed by atoms with E-state index in [1.54, 1.807) is 0 Å². The van der Waals surface area contributed by atoms with E-state index in [1.165, 1.54) is 0 Å². The smallest absolute Gasteiger partial charge is 0.323 e. The van der Waals surface area contributed by atoms with Crippen LogP contribution in [0.2, 0.25) is 0 Å². The predicted molar refractivity (Wildman–Crippen MR) is 97.6 cm³/mol. The van der Waals surface area contributed by atoms with Crippen molar-refractivity contribution in [1.29, 1.82) is 0 Å². The third-order valence-electron chi connectivity index (χ3n) is 3.18. The Morgan fingerprint density at radius 1 is 1.17 bits per heavy atom. The van der Waals surface area contributed by atoms with Gasteiger partial charge in [-0.25, -0.2) is 0 Å². The number of nitrogens with zero attached hydrogens (tertiary/aromatic N) is 1. The lowest BCUT2D eigenvalue weighted by molar-refractivity contribution is -0.156. The molecule has 1 atom stereocenters. The van der Waals surface area contributed by atoms with Crippen LogP contribution in [0.15, 0.2) is 24.3 Å². The van der Waals surface area contributed by atoms with Gasteiger partial charge in [-0.15, -0.1) is 23.2 Å². The molecule has 0 bridgehead atoms. The Balaban J connectivity index is 2.67. The molecular weight excluding hydrogens is 335 g/mol. The first-order valence-electron chi connectivity index (χ1n) is 7.71. The van der Waals surface area contributed by atoms with Crippen LogP contribution < -0.4 is 10.6 Å². The molecule has 0 spiro atoms. The predicted octanol–water partition coefficient (Wildman–Crippen LogP) is 3.18. The number of halogens is 2. The molecule has 0 aliphatic heterocycles. The van der Waals surface area contributed by atoms with Crippen LogP contribution >= 0.6 is 23.2 Å². The lowest BCUT2D eigenvalue weighted by Crippen LogP contribution is -2.38. The molecule has 1 rings (SSSR count). The van der Waals surface area contributed by atoms with E-state index in [0.717, 1.165) is 24.3 Å². The Kier molecular flexibility index (Phi) is 8.17. The van der Waals surface area contributed by atoms with Crippen molar-refractivity contribution >= 4 is 34.9 Å². The summed E-state index contributed by atoms with van der Waals surface area (Å²) in [6, 6.07) is 7.26. The zero-order valence-electron chi connectivity index (χ0n) is 14.0. The van der Waals surface area contributed by atoms with Gasteiger partial charge in [0.25, 0.3) is 0 Å². The van der Waals surface area contributed by atoms with Crippen molar-refractivity contribution in [2.75, 3.05) is 29.7 Å². The molecule has 0 fully saturated rings. The van der Waals surface area contributed by atoms with Crippen LogP contribution in [-0.4, -0.2) is 42.5 Å². The van der Waals surface area contributed by atoms with Crippen LogP contribution in [-0.2, 0) is 16.0 Å². The molecule has 0 saturated heterocycles. The van der Waals surface area contributed by atoms with Crippen LogP contribution in [0.4, 0.5) is 5.69 Å². The van der Waals surface area contributed by atoms with Crippen LogP contribution in [0.25, 0.3) is 0 Å². The van der Waals surface area contributed by atoms with E-state index in [4.69, 9.17) is 33.7 Å². The van der Waals surface area contributed by atoms with Crippen molar-refractivity contribution in [3.8, 4) is 0 Å². The summed E-state index contributed by atoms with van der Waals surface area (Å²) in [5, 5.41) is 0. The van der Waals surface area contributed by atoms with Gasteiger partial charge in [-0.05, 0) is 44.9 Å². The molecule has 0 amide bonds. The number of nitrogens with two attached hydrogens (primary N) is 1. The highest BCUT2D eigenvalue weighted by Gasteiger charge is 2.22. The molecule has 0 aliphatic carbocycles. The number of rotatable bonds is 8. The summed E-state index contributed by atoms with van der Waals surface area (Å²) in [6.45, 7) is 6.97. The van der Waals surface area contributed by atoms with E-state index in [2.05, 4.69) is 4.90 Å². The number of carbonyl (C=O) groups is 1. The second-order valence-electron chi connectivity index (χ2n) is 6.38. The highest BCUT2D eigenvalue weighted by atomic mass is 35.5. The van der Waals surface area contributed by atoms with Gasteiger partial charge in [-0.2, -0.15) is 0 Å². The zero-order valence-corrected chi connectivity index (χ0v) is 15.5. The number of carbonyl (C=O) groups excluding carboxylic acids is 1. The Bertz CT molecular complexity index is 480. The second-order valence-corrected chi connectivity index (χ2v) is 7.13. The van der Waals surface area contributed by atoms with Crippen molar-refractivity contribution in [2.45, 2.75) is 38.8 Å². The monoisotopic (exact) mass is 360 g/mol. The maximum absolute atomic E-state index is 11.9. The van der Waals surface area contributed by atoms with Gasteiger partial charge in [0.15, 0.2) is 0 Å². The molecular formula is C17H26Cl2N2O2. The molecule has 0 radical (unpaired) electrons. The van der Waals surface area contributed by atoms with E-state index in [-0.39, 0.29) is 5.97 Å². The van der Waals surface area contributed by atoms with Gasteiger partial charge in [-0.3, -0.25) is 4.79 Å². The summed E-state index contributed by atoms with van der Waals surface area (Å²) < 4.78 is 5.30. The average Bonchev–Trinajstić information content (AvgIpc) is 2.46. The van der Waals surface area contributed by atoms with Crippen molar-refractivity contribution < 1.29 is 9.53 Å². The third kappa shape index (κ3) is 7.42. The highest BCUT2D eigenvalue weighted by molar-refractivity contribution is 6.18. The fraction of sp³-hybridized carbons (Fsp3) is 0.588. The van der Waals surface area contributed by atoms with Gasteiger partial charge in [-0.1, -0.05) is 12.1 Å². The van der Waals surface area contributed by atoms with Gasteiger partial charge in [0.1, 0.15) is 11.6 Å². The summed E-state index contributed by atoms with van der Waals surface area (Å²) in [5.74, 6) is 0.706. The van der Waals surface area contributed by atoms with E-state index >= 15 is 0 Å². The van der Waals surface area contributed by atoms with Crippen LogP contribution in [0, 0.1) is 0 Å². The molecule has 1 aromatic carbocycles. The number of hydrogen-bond donors (Lipinski definition) is 1. The van der Waals surface area contributed by atoms with E-state index in [1.807, 2.05) is 45.0 Å². The Morgan fingerprint density at radius 2 is 1.70 bits per heavy atom. The minimum absolute atomic E-state index is 0.382. The zero-order chi connectivity index (χ0) is 17.5. The van der Waals surface area contributed by atoms with Gasteiger partial charge in [0.2, 0.25) is 0 Å². The molecule has 0 saturated carbocycles. The fourth-order valence-corrected chi connectivity index (χ4v) is 2.54. The molecule has 6 heteroatoms. The third-order valence-corrected chi connectivity index (χ3v) is 3.51. The summed E-state index contributed by atoms with van der Waals surface area (Å²) in [7, 11) is 0. The first-order chi connectivity index (χ1) is 10.8. The summed E-state index contributed by atoms with van der Waals surface area (Å²) in [5.41, 5.74) is 7.45. The van der Waals surface area contributed by atoms with Gasteiger partial charge in [0, 0.05) is 30.5 Å². The Labute approximate surface area is 148 Å². The van der Waals surface area contributed by atoms with Gasteiger partial charge in [0.05, 0.1) is 0 Å². The van der Waals surface area contributed by atoms with Crippen molar-refractivity contribution in [3.05, 3.63) is 29.8 Å². The first kappa shape index (κ1) is 20.1. The summed E-state index contributed by atoms with van der Waals surface area (Å²) in [4.78, 5) is 14.0. The minimum Gasteiger partial charge on any atom is -0.459 e. The van der Waals surface area contributed by atoms with Crippen LogP contribution in [0.3, 0.4) is 0 Å². The molecule has 23 heavy (non-hydrogen) atoms. The number of alkyl halides is 2. The molecule has 0 heterocycles. The molecule has 2 N–H and O–H groups in total. The quantitative estimate of drug-likeness (QED) is 0.571. The maximum Gasteiger partial charge on any atom is 0.323 e. The van der Waals surface area contributed by atoms with Crippen molar-refractivity contribution in [3.63, 3.8) is 0 Å². The lowest BCUT2D eigenvalue weighted by Gasteiger charge is -2.24. The van der Waals surface area contributed by atoms with Gasteiger partial charge < -0.3 is 15.4 Å². The number of esters is 1. The number of anilines is 1. The van der Waals surface area contributed by atoms with Crippen LogP contribution in [0.1, 0.15) is 26.3 Å². The fourth-order valence-electron chi connectivity index (χ4n) is 2.13. The average molecular weight is 361 g/mol.